The van der Waals surface area contributed by atoms with Crippen LogP contribution in [0.5, 0.6) is 0 Å². The van der Waals surface area contributed by atoms with Gasteiger partial charge in [0.1, 0.15) is 0 Å². The maximum absolute atomic E-state index is 11.7. The van der Waals surface area contributed by atoms with Crippen LogP contribution in [0.1, 0.15) is 24.8 Å². The molecular weight excluding hydrogens is 236 g/mol. The standard InChI is InChI=1S/C16H24N2O/c1-18(2)12-16(19)17-15-9-8-14(11-15)10-13-6-4-3-5-7-13/h3-7,14-15H,8-12H2,1-2H3,(H,17,19)/t14-,15-/m0/s1. The van der Waals surface area contributed by atoms with E-state index in [0.29, 0.717) is 18.5 Å². The minimum absolute atomic E-state index is 0.148. The maximum atomic E-state index is 11.7. The predicted molar refractivity (Wildman–Crippen MR) is 78.0 cm³/mol. The number of nitrogens with zero attached hydrogens (tertiary/aromatic N) is 1. The molecular formula is C16H24N2O. The van der Waals surface area contributed by atoms with Crippen LogP contribution in [0.4, 0.5) is 0 Å². The van der Waals surface area contributed by atoms with Crippen molar-refractivity contribution in [3.05, 3.63) is 35.9 Å². The van der Waals surface area contributed by atoms with E-state index in [0.717, 1.165) is 19.3 Å². The first-order chi connectivity index (χ1) is 9.13. The van der Waals surface area contributed by atoms with Gasteiger partial charge in [0.15, 0.2) is 0 Å². The molecule has 0 bridgehead atoms. The molecule has 2 rings (SSSR count). The summed E-state index contributed by atoms with van der Waals surface area (Å²) in [6.07, 6.45) is 4.60. The number of hydrogen-bond acceptors (Lipinski definition) is 2. The lowest BCUT2D eigenvalue weighted by Crippen LogP contribution is -2.38. The Kier molecular flexibility index (Phi) is 4.97. The first kappa shape index (κ1) is 14.1. The van der Waals surface area contributed by atoms with Crippen LogP contribution in [0.2, 0.25) is 0 Å². The smallest absolute Gasteiger partial charge is 0.234 e. The molecule has 1 saturated carbocycles. The van der Waals surface area contributed by atoms with E-state index in [1.165, 1.54) is 12.0 Å². The molecule has 0 spiro atoms. The third-order valence-electron chi connectivity index (χ3n) is 3.73. The fourth-order valence-corrected chi connectivity index (χ4v) is 2.90. The number of benzene rings is 1. The van der Waals surface area contributed by atoms with Crippen molar-refractivity contribution in [2.45, 2.75) is 31.7 Å². The van der Waals surface area contributed by atoms with E-state index < -0.39 is 0 Å². The van der Waals surface area contributed by atoms with Crippen LogP contribution in [0, 0.1) is 5.92 Å². The number of nitrogens with one attached hydrogen (secondary N) is 1. The minimum Gasteiger partial charge on any atom is -0.352 e. The third kappa shape index (κ3) is 4.67. The number of hydrogen-bond donors (Lipinski definition) is 1. The molecule has 2 atom stereocenters. The minimum atomic E-state index is 0.148. The number of carbonyl (C=O) groups is 1. The average Bonchev–Trinajstić information content (AvgIpc) is 2.76. The van der Waals surface area contributed by atoms with E-state index in [9.17, 15) is 4.79 Å². The summed E-state index contributed by atoms with van der Waals surface area (Å²) in [4.78, 5) is 13.6. The Morgan fingerprint density at radius 2 is 2.00 bits per heavy atom. The molecule has 3 nitrogen and oxygen atoms in total. The van der Waals surface area contributed by atoms with Crippen molar-refractivity contribution in [1.82, 2.24) is 10.2 Å². The van der Waals surface area contributed by atoms with Gasteiger partial charge >= 0.3 is 0 Å². The van der Waals surface area contributed by atoms with Gasteiger partial charge in [-0.1, -0.05) is 30.3 Å². The molecule has 1 aromatic carbocycles. The monoisotopic (exact) mass is 260 g/mol. The van der Waals surface area contributed by atoms with Crippen LogP contribution in [-0.2, 0) is 11.2 Å². The third-order valence-corrected chi connectivity index (χ3v) is 3.73. The summed E-state index contributed by atoms with van der Waals surface area (Å²) in [5.41, 5.74) is 1.41. The Labute approximate surface area is 116 Å². The van der Waals surface area contributed by atoms with Gasteiger partial charge in [-0.25, -0.2) is 0 Å². The zero-order valence-corrected chi connectivity index (χ0v) is 11.9. The topological polar surface area (TPSA) is 32.3 Å². The largest absolute Gasteiger partial charge is 0.352 e. The number of carbonyl (C=O) groups excluding carboxylic acids is 1. The molecule has 19 heavy (non-hydrogen) atoms. The maximum Gasteiger partial charge on any atom is 0.234 e. The highest BCUT2D eigenvalue weighted by molar-refractivity contribution is 5.78. The summed E-state index contributed by atoms with van der Waals surface area (Å²) in [5, 5.41) is 3.15. The van der Waals surface area contributed by atoms with E-state index in [-0.39, 0.29) is 5.91 Å². The van der Waals surface area contributed by atoms with Crippen molar-refractivity contribution in [2.24, 2.45) is 5.92 Å². The lowest BCUT2D eigenvalue weighted by molar-refractivity contribution is -0.122. The van der Waals surface area contributed by atoms with Crippen molar-refractivity contribution in [1.29, 1.82) is 0 Å². The van der Waals surface area contributed by atoms with E-state index in [2.05, 4.69) is 35.6 Å². The number of likely N-dealkylation sites (N-methyl/N-ethyl adjacent to an activating group) is 1. The molecule has 1 aliphatic rings. The predicted octanol–water partition coefficient (Wildman–Crippen LogP) is 2.08. The molecule has 0 unspecified atom stereocenters. The number of amides is 1. The highest BCUT2D eigenvalue weighted by atomic mass is 16.2. The first-order valence-corrected chi connectivity index (χ1v) is 7.11. The van der Waals surface area contributed by atoms with Crippen LogP contribution in [0.3, 0.4) is 0 Å². The second-order valence-electron chi connectivity index (χ2n) is 5.87. The van der Waals surface area contributed by atoms with Crippen molar-refractivity contribution < 1.29 is 4.79 Å². The van der Waals surface area contributed by atoms with Crippen LogP contribution >= 0.6 is 0 Å². The molecule has 1 amide bonds. The highest BCUT2D eigenvalue weighted by Gasteiger charge is 2.25. The van der Waals surface area contributed by atoms with E-state index in [4.69, 9.17) is 0 Å². The second kappa shape index (κ2) is 6.71. The molecule has 104 valence electrons. The lowest BCUT2D eigenvalue weighted by Gasteiger charge is -2.15. The number of rotatable bonds is 5. The van der Waals surface area contributed by atoms with Gasteiger partial charge < -0.3 is 10.2 Å². The molecule has 1 aromatic rings. The fraction of sp³-hybridized carbons (Fsp3) is 0.562. The van der Waals surface area contributed by atoms with Gasteiger partial charge in [-0.3, -0.25) is 4.79 Å². The van der Waals surface area contributed by atoms with Gasteiger partial charge in [0.25, 0.3) is 0 Å². The van der Waals surface area contributed by atoms with Crippen molar-refractivity contribution >= 4 is 5.91 Å². The summed E-state index contributed by atoms with van der Waals surface area (Å²) in [5.74, 6) is 0.863. The van der Waals surface area contributed by atoms with Crippen LogP contribution in [-0.4, -0.2) is 37.5 Å². The van der Waals surface area contributed by atoms with Gasteiger partial charge in [-0.2, -0.15) is 0 Å². The average molecular weight is 260 g/mol. The van der Waals surface area contributed by atoms with Crippen molar-refractivity contribution in [3.63, 3.8) is 0 Å². The Balaban J connectivity index is 1.76. The van der Waals surface area contributed by atoms with Gasteiger partial charge in [0, 0.05) is 6.04 Å². The Morgan fingerprint density at radius 3 is 2.68 bits per heavy atom. The molecule has 3 heteroatoms. The first-order valence-electron chi connectivity index (χ1n) is 7.11. The molecule has 0 aromatic heterocycles. The fourth-order valence-electron chi connectivity index (χ4n) is 2.90. The molecule has 0 aliphatic heterocycles. The van der Waals surface area contributed by atoms with Gasteiger partial charge in [0.05, 0.1) is 6.54 Å². The summed E-state index contributed by atoms with van der Waals surface area (Å²) in [7, 11) is 3.85. The van der Waals surface area contributed by atoms with Crippen molar-refractivity contribution in [2.75, 3.05) is 20.6 Å². The Hall–Kier alpha value is -1.35. The molecule has 1 N–H and O–H groups in total. The zero-order chi connectivity index (χ0) is 13.7. The summed E-state index contributed by atoms with van der Waals surface area (Å²) in [6.45, 7) is 0.486. The molecule has 1 fully saturated rings. The van der Waals surface area contributed by atoms with E-state index in [1.807, 2.05) is 19.0 Å². The van der Waals surface area contributed by atoms with Crippen LogP contribution in [0.25, 0.3) is 0 Å². The normalized spacial score (nSPS) is 22.7. The van der Waals surface area contributed by atoms with E-state index in [1.54, 1.807) is 0 Å². The van der Waals surface area contributed by atoms with Gasteiger partial charge in [-0.15, -0.1) is 0 Å². The molecule has 0 heterocycles. The Morgan fingerprint density at radius 1 is 1.26 bits per heavy atom. The van der Waals surface area contributed by atoms with Crippen LogP contribution in [0.15, 0.2) is 30.3 Å². The lowest BCUT2D eigenvalue weighted by atomic mass is 9.98. The van der Waals surface area contributed by atoms with Gasteiger partial charge in [-0.05, 0) is 51.3 Å². The quantitative estimate of drug-likeness (QED) is 0.879. The van der Waals surface area contributed by atoms with Crippen LogP contribution < -0.4 is 5.32 Å². The zero-order valence-electron chi connectivity index (χ0n) is 11.9. The second-order valence-corrected chi connectivity index (χ2v) is 5.87. The van der Waals surface area contributed by atoms with Gasteiger partial charge in [0.2, 0.25) is 5.91 Å². The summed E-state index contributed by atoms with van der Waals surface area (Å²) >= 11 is 0. The summed E-state index contributed by atoms with van der Waals surface area (Å²) in [6, 6.07) is 11.0. The molecule has 0 radical (unpaired) electrons. The van der Waals surface area contributed by atoms with E-state index >= 15 is 0 Å². The van der Waals surface area contributed by atoms with Crippen molar-refractivity contribution in [3.8, 4) is 0 Å². The summed E-state index contributed by atoms with van der Waals surface area (Å²) < 4.78 is 0. The SMILES string of the molecule is CN(C)CC(=O)N[C@H]1CC[C@@H](Cc2ccccc2)C1. The molecule has 1 aliphatic carbocycles. The highest BCUT2D eigenvalue weighted by Crippen LogP contribution is 2.28. The Bertz CT molecular complexity index is 402. The molecule has 0 saturated heterocycles.